The van der Waals surface area contributed by atoms with Crippen LogP contribution in [0.3, 0.4) is 0 Å². The molecule has 1 fully saturated rings. The molecule has 1 aliphatic rings. The molecule has 0 atom stereocenters. The number of nitrogen functional groups attached to an aromatic ring is 1. The molecule has 2 rings (SSSR count). The van der Waals surface area contributed by atoms with E-state index < -0.39 is 0 Å². The van der Waals surface area contributed by atoms with Crippen molar-refractivity contribution in [3.8, 4) is 0 Å². The molecule has 3 N–H and O–H groups in total. The molecule has 4 nitrogen and oxygen atoms in total. The number of hydrogen-bond donors (Lipinski definition) is 2. The van der Waals surface area contributed by atoms with Crippen LogP contribution in [0.5, 0.6) is 0 Å². The summed E-state index contributed by atoms with van der Waals surface area (Å²) in [6.45, 7) is 6.59. The minimum atomic E-state index is 0.145. The van der Waals surface area contributed by atoms with E-state index in [2.05, 4.69) is 29.8 Å². The van der Waals surface area contributed by atoms with Crippen molar-refractivity contribution in [3.05, 3.63) is 29.3 Å². The molecule has 0 aliphatic carbocycles. The van der Waals surface area contributed by atoms with Gasteiger partial charge in [-0.25, -0.2) is 0 Å². The Morgan fingerprint density at radius 1 is 1.37 bits per heavy atom. The molecule has 1 aromatic rings. The highest BCUT2D eigenvalue weighted by Crippen LogP contribution is 2.23. The van der Waals surface area contributed by atoms with Gasteiger partial charge in [-0.15, -0.1) is 0 Å². The Morgan fingerprint density at radius 3 is 2.68 bits per heavy atom. The summed E-state index contributed by atoms with van der Waals surface area (Å²) in [7, 11) is 2.09. The molecule has 0 radical (unpaired) electrons. The molecule has 0 aromatic heterocycles. The van der Waals surface area contributed by atoms with Crippen molar-refractivity contribution < 1.29 is 0 Å². The number of amidine groups is 1. The lowest BCUT2D eigenvalue weighted by molar-refractivity contribution is 0.346. The first-order chi connectivity index (χ1) is 9.09. The molecular formula is C15H24N4. The SMILES string of the molecule is Cc1cccc(C(=N)N)c1N(C)CCN1CCCC1. The van der Waals surface area contributed by atoms with Crippen LogP contribution in [-0.2, 0) is 0 Å². The zero-order valence-corrected chi connectivity index (χ0v) is 11.9. The smallest absolute Gasteiger partial charge is 0.124 e. The lowest BCUT2D eigenvalue weighted by Gasteiger charge is -2.26. The highest BCUT2D eigenvalue weighted by Gasteiger charge is 2.15. The summed E-state index contributed by atoms with van der Waals surface area (Å²) >= 11 is 0. The first kappa shape index (κ1) is 13.9. The zero-order chi connectivity index (χ0) is 13.8. The quantitative estimate of drug-likeness (QED) is 0.627. The van der Waals surface area contributed by atoms with Crippen LogP contribution in [0.1, 0.15) is 24.0 Å². The maximum atomic E-state index is 7.71. The molecule has 0 spiro atoms. The van der Waals surface area contributed by atoms with E-state index in [-0.39, 0.29) is 5.84 Å². The molecule has 0 bridgehead atoms. The molecule has 1 saturated heterocycles. The molecule has 1 heterocycles. The van der Waals surface area contributed by atoms with Crippen LogP contribution < -0.4 is 10.6 Å². The number of hydrogen-bond acceptors (Lipinski definition) is 3. The molecule has 0 unspecified atom stereocenters. The number of anilines is 1. The van der Waals surface area contributed by atoms with Crippen LogP contribution >= 0.6 is 0 Å². The number of likely N-dealkylation sites (N-methyl/N-ethyl adjacent to an activating group) is 1. The number of benzene rings is 1. The van der Waals surface area contributed by atoms with Crippen LogP contribution in [-0.4, -0.2) is 44.0 Å². The van der Waals surface area contributed by atoms with Gasteiger partial charge >= 0.3 is 0 Å². The van der Waals surface area contributed by atoms with E-state index in [9.17, 15) is 0 Å². The van der Waals surface area contributed by atoms with Crippen LogP contribution in [0, 0.1) is 12.3 Å². The average molecular weight is 260 g/mol. The van der Waals surface area contributed by atoms with Gasteiger partial charge in [0.05, 0.1) is 5.69 Å². The van der Waals surface area contributed by atoms with Crippen LogP contribution in [0.2, 0.25) is 0 Å². The highest BCUT2D eigenvalue weighted by atomic mass is 15.2. The Labute approximate surface area is 115 Å². The topological polar surface area (TPSA) is 56.4 Å². The maximum absolute atomic E-state index is 7.71. The van der Waals surface area contributed by atoms with Crippen molar-refractivity contribution in [2.24, 2.45) is 5.73 Å². The highest BCUT2D eigenvalue weighted by molar-refractivity contribution is 6.01. The van der Waals surface area contributed by atoms with Gasteiger partial charge in [0, 0.05) is 25.7 Å². The number of aryl methyl sites for hydroxylation is 1. The van der Waals surface area contributed by atoms with E-state index in [0.29, 0.717) is 0 Å². The summed E-state index contributed by atoms with van der Waals surface area (Å²) in [6.07, 6.45) is 2.65. The lowest BCUT2D eigenvalue weighted by Crippen LogP contribution is -2.33. The van der Waals surface area contributed by atoms with E-state index in [4.69, 9.17) is 11.1 Å². The van der Waals surface area contributed by atoms with Crippen LogP contribution in [0.25, 0.3) is 0 Å². The van der Waals surface area contributed by atoms with Crippen molar-refractivity contribution in [1.82, 2.24) is 4.90 Å². The Morgan fingerprint density at radius 2 is 2.05 bits per heavy atom. The number of likely N-dealkylation sites (tertiary alicyclic amines) is 1. The zero-order valence-electron chi connectivity index (χ0n) is 11.9. The minimum absolute atomic E-state index is 0.145. The number of nitrogens with two attached hydrogens (primary N) is 1. The van der Waals surface area contributed by atoms with Crippen molar-refractivity contribution in [2.45, 2.75) is 19.8 Å². The van der Waals surface area contributed by atoms with Gasteiger partial charge < -0.3 is 15.5 Å². The summed E-state index contributed by atoms with van der Waals surface area (Å²) in [5.41, 5.74) is 8.79. The molecule has 0 saturated carbocycles. The van der Waals surface area contributed by atoms with Gasteiger partial charge in [0.1, 0.15) is 5.84 Å². The van der Waals surface area contributed by atoms with Gasteiger partial charge in [-0.05, 0) is 44.5 Å². The fourth-order valence-electron chi connectivity index (χ4n) is 2.79. The summed E-state index contributed by atoms with van der Waals surface area (Å²) in [4.78, 5) is 4.73. The second-order valence-electron chi connectivity index (χ2n) is 5.36. The summed E-state index contributed by atoms with van der Waals surface area (Å²) < 4.78 is 0. The third-order valence-corrected chi connectivity index (χ3v) is 3.86. The van der Waals surface area contributed by atoms with Crippen LogP contribution in [0.4, 0.5) is 5.69 Å². The summed E-state index contributed by atoms with van der Waals surface area (Å²) in [5.74, 6) is 0.145. The molecule has 1 aliphatic heterocycles. The van der Waals surface area contributed by atoms with E-state index in [1.807, 2.05) is 12.1 Å². The molecule has 0 amide bonds. The van der Waals surface area contributed by atoms with Crippen molar-refractivity contribution >= 4 is 11.5 Å². The first-order valence-corrected chi connectivity index (χ1v) is 6.97. The van der Waals surface area contributed by atoms with Crippen molar-refractivity contribution in [3.63, 3.8) is 0 Å². The van der Waals surface area contributed by atoms with Gasteiger partial charge in [0.25, 0.3) is 0 Å². The third kappa shape index (κ3) is 3.26. The van der Waals surface area contributed by atoms with E-state index in [1.165, 1.54) is 31.5 Å². The molecule has 4 heteroatoms. The van der Waals surface area contributed by atoms with E-state index >= 15 is 0 Å². The Bertz CT molecular complexity index is 449. The normalized spacial score (nSPS) is 15.7. The maximum Gasteiger partial charge on any atom is 0.124 e. The number of para-hydroxylation sites is 1. The predicted octanol–water partition coefficient (Wildman–Crippen LogP) is 1.81. The first-order valence-electron chi connectivity index (χ1n) is 6.97. The summed E-state index contributed by atoms with van der Waals surface area (Å²) in [5, 5.41) is 7.71. The average Bonchev–Trinajstić information content (AvgIpc) is 2.88. The summed E-state index contributed by atoms with van der Waals surface area (Å²) in [6, 6.07) is 5.97. The van der Waals surface area contributed by atoms with Gasteiger partial charge in [-0.1, -0.05) is 12.1 Å². The fraction of sp³-hybridized carbons (Fsp3) is 0.533. The van der Waals surface area contributed by atoms with Crippen LogP contribution in [0.15, 0.2) is 18.2 Å². The second kappa shape index (κ2) is 6.06. The second-order valence-corrected chi connectivity index (χ2v) is 5.36. The fourth-order valence-corrected chi connectivity index (χ4v) is 2.79. The standard InChI is InChI=1S/C15H24N4/c1-12-6-5-7-13(15(16)17)14(12)18(2)10-11-19-8-3-4-9-19/h5-7H,3-4,8-11H2,1-2H3,(H3,16,17). The molecule has 104 valence electrons. The molecule has 1 aromatic carbocycles. The number of rotatable bonds is 5. The Hall–Kier alpha value is -1.55. The van der Waals surface area contributed by atoms with Gasteiger partial charge in [-0.2, -0.15) is 0 Å². The Balaban J connectivity index is 2.08. The van der Waals surface area contributed by atoms with E-state index in [0.717, 1.165) is 24.3 Å². The van der Waals surface area contributed by atoms with Crippen molar-refractivity contribution in [2.75, 3.05) is 38.1 Å². The molecule has 19 heavy (non-hydrogen) atoms. The number of nitrogens with one attached hydrogen (secondary N) is 1. The largest absolute Gasteiger partial charge is 0.384 e. The van der Waals surface area contributed by atoms with Gasteiger partial charge in [0.15, 0.2) is 0 Å². The van der Waals surface area contributed by atoms with Gasteiger partial charge in [0.2, 0.25) is 0 Å². The third-order valence-electron chi connectivity index (χ3n) is 3.86. The molecular weight excluding hydrogens is 236 g/mol. The lowest BCUT2D eigenvalue weighted by atomic mass is 10.1. The van der Waals surface area contributed by atoms with Gasteiger partial charge in [-0.3, -0.25) is 5.41 Å². The Kier molecular flexibility index (Phi) is 4.43. The van der Waals surface area contributed by atoms with Crippen molar-refractivity contribution in [1.29, 1.82) is 5.41 Å². The minimum Gasteiger partial charge on any atom is -0.384 e. The van der Waals surface area contributed by atoms with E-state index in [1.54, 1.807) is 0 Å². The number of nitrogens with zero attached hydrogens (tertiary/aromatic N) is 2. The monoisotopic (exact) mass is 260 g/mol. The predicted molar refractivity (Wildman–Crippen MR) is 81.1 cm³/mol.